The minimum atomic E-state index is -3.25. The van der Waals surface area contributed by atoms with Crippen molar-refractivity contribution < 1.29 is 8.42 Å². The lowest BCUT2D eigenvalue weighted by molar-refractivity contribution is 0.595. The molecule has 0 aromatic heterocycles. The monoisotopic (exact) mass is 302 g/mol. The molecule has 0 fully saturated rings. The van der Waals surface area contributed by atoms with Gasteiger partial charge in [-0.2, -0.15) is 0 Å². The third kappa shape index (κ3) is 4.71. The van der Waals surface area contributed by atoms with E-state index in [0.29, 0.717) is 4.90 Å². The molecule has 0 aliphatic rings. The van der Waals surface area contributed by atoms with E-state index in [1.807, 2.05) is 30.3 Å². The van der Waals surface area contributed by atoms with Crippen molar-refractivity contribution in [1.29, 1.82) is 0 Å². The number of benzene rings is 2. The highest BCUT2D eigenvalue weighted by Crippen LogP contribution is 2.17. The van der Waals surface area contributed by atoms with E-state index in [1.54, 1.807) is 24.3 Å². The number of hydrogen-bond acceptors (Lipinski definition) is 2. The maximum Gasteiger partial charge on any atom is 0.182 e. The molecule has 0 heterocycles. The van der Waals surface area contributed by atoms with Crippen LogP contribution in [0.1, 0.15) is 37.3 Å². The van der Waals surface area contributed by atoms with Gasteiger partial charge in [0.2, 0.25) is 0 Å². The van der Waals surface area contributed by atoms with Gasteiger partial charge in [0.15, 0.2) is 9.84 Å². The van der Waals surface area contributed by atoms with Gasteiger partial charge in [0.1, 0.15) is 0 Å². The first-order valence-electron chi connectivity index (χ1n) is 7.47. The minimum Gasteiger partial charge on any atom is -0.223 e. The molecule has 0 bridgehead atoms. The molecule has 0 atom stereocenters. The van der Waals surface area contributed by atoms with Gasteiger partial charge in [0.05, 0.1) is 10.6 Å². The number of hydrogen-bond donors (Lipinski definition) is 0. The van der Waals surface area contributed by atoms with E-state index in [4.69, 9.17) is 0 Å². The van der Waals surface area contributed by atoms with Crippen LogP contribution in [0.25, 0.3) is 0 Å². The summed E-state index contributed by atoms with van der Waals surface area (Å²) in [7, 11) is -3.25. The maximum atomic E-state index is 12.3. The Kier molecular flexibility index (Phi) is 5.57. The summed E-state index contributed by atoms with van der Waals surface area (Å²) in [5, 5.41) is 0. The molecule has 2 rings (SSSR count). The molecule has 2 aromatic rings. The molecule has 112 valence electrons. The summed E-state index contributed by atoms with van der Waals surface area (Å²) in [5.41, 5.74) is 2.13. The lowest BCUT2D eigenvalue weighted by atomic mass is 10.1. The van der Waals surface area contributed by atoms with Gasteiger partial charge in [0.25, 0.3) is 0 Å². The van der Waals surface area contributed by atoms with E-state index in [0.717, 1.165) is 12.0 Å². The van der Waals surface area contributed by atoms with E-state index in [9.17, 15) is 8.42 Å². The fourth-order valence-electron chi connectivity index (χ4n) is 2.31. The SMILES string of the molecule is CCCCCc1ccc(CS(=O)(=O)c2ccccc2)cc1. The smallest absolute Gasteiger partial charge is 0.182 e. The summed E-state index contributed by atoms with van der Waals surface area (Å²) in [6.45, 7) is 2.19. The molecule has 0 N–H and O–H groups in total. The normalized spacial score (nSPS) is 11.5. The molecule has 0 saturated carbocycles. The van der Waals surface area contributed by atoms with E-state index in [-0.39, 0.29) is 5.75 Å². The van der Waals surface area contributed by atoms with Crippen molar-refractivity contribution in [2.75, 3.05) is 0 Å². The van der Waals surface area contributed by atoms with E-state index in [1.165, 1.54) is 24.8 Å². The molecular formula is C18H22O2S. The van der Waals surface area contributed by atoms with Gasteiger partial charge in [-0.05, 0) is 36.1 Å². The summed E-state index contributed by atoms with van der Waals surface area (Å²) < 4.78 is 24.6. The summed E-state index contributed by atoms with van der Waals surface area (Å²) in [4.78, 5) is 0.386. The van der Waals surface area contributed by atoms with Crippen LogP contribution in [0.5, 0.6) is 0 Å². The predicted octanol–water partition coefficient (Wildman–Crippen LogP) is 4.39. The molecule has 0 unspecified atom stereocenters. The summed E-state index contributed by atoms with van der Waals surface area (Å²) in [6, 6.07) is 16.6. The van der Waals surface area contributed by atoms with Gasteiger partial charge in [-0.1, -0.05) is 62.2 Å². The molecule has 0 saturated heterocycles. The van der Waals surface area contributed by atoms with Crippen LogP contribution in [0.3, 0.4) is 0 Å². The predicted molar refractivity (Wildman–Crippen MR) is 87.0 cm³/mol. The van der Waals surface area contributed by atoms with Crippen molar-refractivity contribution in [3.05, 3.63) is 65.7 Å². The lowest BCUT2D eigenvalue weighted by Gasteiger charge is -2.06. The van der Waals surface area contributed by atoms with Gasteiger partial charge in [-0.3, -0.25) is 0 Å². The first-order chi connectivity index (χ1) is 10.1. The van der Waals surface area contributed by atoms with Gasteiger partial charge in [-0.15, -0.1) is 0 Å². The molecule has 0 spiro atoms. The summed E-state index contributed by atoms with van der Waals surface area (Å²) >= 11 is 0. The second-order valence-electron chi connectivity index (χ2n) is 5.35. The maximum absolute atomic E-state index is 12.3. The quantitative estimate of drug-likeness (QED) is 0.711. The van der Waals surface area contributed by atoms with Crippen molar-refractivity contribution in [1.82, 2.24) is 0 Å². The second-order valence-corrected chi connectivity index (χ2v) is 7.34. The third-order valence-corrected chi connectivity index (χ3v) is 5.25. The third-order valence-electron chi connectivity index (χ3n) is 3.55. The van der Waals surface area contributed by atoms with Crippen LogP contribution >= 0.6 is 0 Å². The van der Waals surface area contributed by atoms with Crippen LogP contribution in [-0.4, -0.2) is 8.42 Å². The largest absolute Gasteiger partial charge is 0.223 e. The molecular weight excluding hydrogens is 280 g/mol. The number of aryl methyl sites for hydroxylation is 1. The highest BCUT2D eigenvalue weighted by atomic mass is 32.2. The first kappa shape index (κ1) is 15.8. The van der Waals surface area contributed by atoms with E-state index < -0.39 is 9.84 Å². The molecule has 0 aliphatic carbocycles. The van der Waals surface area contributed by atoms with Crippen molar-refractivity contribution in [2.45, 2.75) is 43.3 Å². The van der Waals surface area contributed by atoms with Gasteiger partial charge in [0, 0.05) is 0 Å². The zero-order valence-corrected chi connectivity index (χ0v) is 13.3. The molecule has 0 amide bonds. The molecule has 3 heteroatoms. The van der Waals surface area contributed by atoms with Gasteiger partial charge < -0.3 is 0 Å². The molecule has 2 aromatic carbocycles. The first-order valence-corrected chi connectivity index (χ1v) is 9.12. The van der Waals surface area contributed by atoms with Crippen LogP contribution in [0.2, 0.25) is 0 Å². The van der Waals surface area contributed by atoms with Gasteiger partial charge in [-0.25, -0.2) is 8.42 Å². The minimum absolute atomic E-state index is 0.0618. The van der Waals surface area contributed by atoms with Crippen LogP contribution < -0.4 is 0 Å². The Morgan fingerprint density at radius 2 is 1.43 bits per heavy atom. The zero-order valence-electron chi connectivity index (χ0n) is 12.5. The molecule has 21 heavy (non-hydrogen) atoms. The molecule has 0 aliphatic heterocycles. The molecule has 0 radical (unpaired) electrons. The summed E-state index contributed by atoms with van der Waals surface area (Å²) in [5.74, 6) is 0.0618. The fourth-order valence-corrected chi connectivity index (χ4v) is 3.68. The number of rotatable bonds is 7. The van der Waals surface area contributed by atoms with E-state index >= 15 is 0 Å². The van der Waals surface area contributed by atoms with E-state index in [2.05, 4.69) is 6.92 Å². The highest BCUT2D eigenvalue weighted by molar-refractivity contribution is 7.90. The van der Waals surface area contributed by atoms with Crippen LogP contribution in [0, 0.1) is 0 Å². The van der Waals surface area contributed by atoms with Crippen LogP contribution in [-0.2, 0) is 22.0 Å². The second kappa shape index (κ2) is 7.41. The Bertz CT molecular complexity index is 643. The lowest BCUT2D eigenvalue weighted by Crippen LogP contribution is -2.04. The van der Waals surface area contributed by atoms with Crippen LogP contribution in [0.15, 0.2) is 59.5 Å². The van der Waals surface area contributed by atoms with Crippen LogP contribution in [0.4, 0.5) is 0 Å². The molecule has 2 nitrogen and oxygen atoms in total. The fraction of sp³-hybridized carbons (Fsp3) is 0.333. The van der Waals surface area contributed by atoms with Gasteiger partial charge >= 0.3 is 0 Å². The Labute approximate surface area is 127 Å². The topological polar surface area (TPSA) is 34.1 Å². The Morgan fingerprint density at radius 1 is 0.810 bits per heavy atom. The Balaban J connectivity index is 2.03. The average Bonchev–Trinajstić information content (AvgIpc) is 2.50. The van der Waals surface area contributed by atoms with Crippen molar-refractivity contribution in [3.63, 3.8) is 0 Å². The standard InChI is InChI=1S/C18H22O2S/c1-2-3-5-8-16-11-13-17(14-12-16)15-21(19,20)18-9-6-4-7-10-18/h4,6-7,9-14H,2-3,5,8,15H2,1H3. The average molecular weight is 302 g/mol. The highest BCUT2D eigenvalue weighted by Gasteiger charge is 2.14. The number of unbranched alkanes of at least 4 members (excludes halogenated alkanes) is 2. The summed E-state index contributed by atoms with van der Waals surface area (Å²) in [6.07, 6.45) is 4.72. The Morgan fingerprint density at radius 3 is 2.05 bits per heavy atom. The Hall–Kier alpha value is -1.61. The zero-order chi connectivity index (χ0) is 15.1. The van der Waals surface area contributed by atoms with Crippen molar-refractivity contribution in [3.8, 4) is 0 Å². The van der Waals surface area contributed by atoms with Crippen molar-refractivity contribution >= 4 is 9.84 Å². The van der Waals surface area contributed by atoms with Crippen molar-refractivity contribution in [2.24, 2.45) is 0 Å². The number of sulfone groups is 1.